The molecule has 0 radical (unpaired) electrons. The Balaban J connectivity index is -0.000000644. The molecule has 264 valence electrons. The summed E-state index contributed by atoms with van der Waals surface area (Å²) in [6.45, 7) is 22.6. The number of hydrogen-bond donors (Lipinski definition) is 6. The second-order valence-corrected chi connectivity index (χ2v) is 13.6. The van der Waals surface area contributed by atoms with E-state index < -0.39 is 47.2 Å². The van der Waals surface area contributed by atoms with Gasteiger partial charge in [0.15, 0.2) is 0 Å². The quantitative estimate of drug-likeness (QED) is 0.117. The van der Waals surface area contributed by atoms with E-state index in [4.69, 9.17) is 11.5 Å². The molecule has 7 N–H and O–H groups in total. The first-order valence-electron chi connectivity index (χ1n) is 16.1. The Bertz CT molecular complexity index is 878. The molecule has 0 aromatic rings. The zero-order valence-corrected chi connectivity index (χ0v) is 30.6. The third kappa shape index (κ3) is 23.3. The average Bonchev–Trinajstić information content (AvgIpc) is 3.39. The minimum absolute atomic E-state index is 0.295. The van der Waals surface area contributed by atoms with E-state index in [1.54, 1.807) is 0 Å². The molecule has 3 unspecified atom stereocenters. The van der Waals surface area contributed by atoms with Gasteiger partial charge < -0.3 is 31.8 Å². The fraction of sp³-hybridized carbons (Fsp3) is 0.812. The van der Waals surface area contributed by atoms with Crippen LogP contribution in [0.1, 0.15) is 115 Å². The molecule has 2 aliphatic rings. The molecule has 2 rings (SSSR count). The monoisotopic (exact) mass is 660 g/mol. The number of hydrogen-bond acceptors (Lipinski definition) is 8. The minimum Gasteiger partial charge on any atom is -0.368 e. The van der Waals surface area contributed by atoms with Gasteiger partial charge in [-0.05, 0) is 42.4 Å². The second kappa shape index (κ2) is 25.5. The molecular weight excluding hydrogens is 596 g/mol. The molecule has 1 aliphatic heterocycles. The number of amides is 5. The van der Waals surface area contributed by atoms with Crippen molar-refractivity contribution in [1.82, 2.24) is 20.3 Å². The zero-order valence-electron chi connectivity index (χ0n) is 29.7. The topological polar surface area (TPSA) is 194 Å². The zero-order chi connectivity index (χ0) is 35.9. The molecule has 1 heterocycles. The summed E-state index contributed by atoms with van der Waals surface area (Å²) in [5, 5.41) is 4.86. The standard InChI is InChI=1S/C14H24N4O4.C8H14N2O2S.2C4H10.C2H6/c1-14(2,3)11(17-13(22)16-7-10(15)20)12(21)18-6-4-5-9(18)8-19;9-8(12)7(11)6(10-13)4-5-2-1-3-5;2*1-4(2)3;1-2/h8-9,11H,4-7H2,1-3H3,(H2,15,20)(H2,16,17,22);5-6,10,13H,1-4H2,(H2,9,12);2*4H,1-3H3;1-2H3. The van der Waals surface area contributed by atoms with E-state index in [2.05, 4.69) is 69.7 Å². The van der Waals surface area contributed by atoms with E-state index in [-0.39, 0.29) is 12.5 Å². The normalized spacial score (nSPS) is 16.8. The van der Waals surface area contributed by atoms with Gasteiger partial charge in [0.25, 0.3) is 5.91 Å². The van der Waals surface area contributed by atoms with Crippen LogP contribution < -0.4 is 26.8 Å². The Morgan fingerprint density at radius 1 is 0.911 bits per heavy atom. The Kier molecular flexibility index (Phi) is 26.5. The maximum atomic E-state index is 12.7. The summed E-state index contributed by atoms with van der Waals surface area (Å²) in [7, 11) is 0. The Hall–Kier alpha value is -2.67. The lowest BCUT2D eigenvalue weighted by Crippen LogP contribution is -2.58. The van der Waals surface area contributed by atoms with Crippen LogP contribution in [-0.2, 0) is 24.0 Å². The molecular formula is C32H64N6O6S. The molecule has 0 spiro atoms. The van der Waals surface area contributed by atoms with Crippen LogP contribution in [0.5, 0.6) is 0 Å². The van der Waals surface area contributed by atoms with Crippen molar-refractivity contribution in [2.24, 2.45) is 34.6 Å². The summed E-state index contributed by atoms with van der Waals surface area (Å²) in [5.74, 6) is -0.202. The molecule has 2 fully saturated rings. The highest BCUT2D eigenvalue weighted by Crippen LogP contribution is 2.30. The Labute approximate surface area is 277 Å². The summed E-state index contributed by atoms with van der Waals surface area (Å²) in [6.07, 6.45) is 6.33. The number of thiol groups is 1. The number of likely N-dealkylation sites (tertiary alicyclic amines) is 1. The molecule has 45 heavy (non-hydrogen) atoms. The van der Waals surface area contributed by atoms with Crippen molar-refractivity contribution in [3.05, 3.63) is 0 Å². The highest BCUT2D eigenvalue weighted by molar-refractivity contribution is 7.78. The van der Waals surface area contributed by atoms with Crippen molar-refractivity contribution < 1.29 is 28.8 Å². The van der Waals surface area contributed by atoms with E-state index in [1.807, 2.05) is 34.6 Å². The number of urea groups is 1. The van der Waals surface area contributed by atoms with E-state index in [0.717, 1.165) is 37.4 Å². The van der Waals surface area contributed by atoms with Crippen LogP contribution in [0, 0.1) is 23.2 Å². The number of carbonyl (C=O) groups is 6. The van der Waals surface area contributed by atoms with Gasteiger partial charge in [-0.15, -0.1) is 0 Å². The van der Waals surface area contributed by atoms with Crippen molar-refractivity contribution in [3.8, 4) is 0 Å². The Morgan fingerprint density at radius 3 is 1.73 bits per heavy atom. The van der Waals surface area contributed by atoms with Crippen LogP contribution in [0.4, 0.5) is 4.79 Å². The van der Waals surface area contributed by atoms with Crippen LogP contribution in [0.15, 0.2) is 0 Å². The Morgan fingerprint density at radius 2 is 1.40 bits per heavy atom. The summed E-state index contributed by atoms with van der Waals surface area (Å²) in [5.41, 5.74) is 9.30. The van der Waals surface area contributed by atoms with Crippen LogP contribution in [0.25, 0.3) is 0 Å². The van der Waals surface area contributed by atoms with Gasteiger partial charge >= 0.3 is 6.03 Å². The number of carbonyl (C=O) groups excluding carboxylic acids is 6. The van der Waals surface area contributed by atoms with Gasteiger partial charge in [-0.25, -0.2) is 4.79 Å². The molecule has 13 heteroatoms. The first-order valence-corrected chi connectivity index (χ1v) is 16.5. The van der Waals surface area contributed by atoms with Gasteiger partial charge in [0.05, 0.1) is 18.6 Å². The van der Waals surface area contributed by atoms with Gasteiger partial charge in [-0.3, -0.25) is 23.9 Å². The maximum Gasteiger partial charge on any atom is 0.315 e. The van der Waals surface area contributed by atoms with Crippen molar-refractivity contribution in [2.75, 3.05) is 13.1 Å². The highest BCUT2D eigenvalue weighted by atomic mass is 32.1. The lowest BCUT2D eigenvalue weighted by molar-refractivity contribution is -0.138. The number of rotatable bonds is 10. The maximum absolute atomic E-state index is 12.7. The first kappa shape index (κ1) is 46.7. The summed E-state index contributed by atoms with van der Waals surface area (Å²) in [6, 6.07) is -2.39. The van der Waals surface area contributed by atoms with E-state index >= 15 is 0 Å². The number of Topliss-reactive ketones (excluding diaryl/α,β-unsaturated/α-hetero) is 1. The fourth-order valence-electron chi connectivity index (χ4n) is 3.82. The van der Waals surface area contributed by atoms with E-state index in [1.165, 1.54) is 11.3 Å². The largest absolute Gasteiger partial charge is 0.368 e. The van der Waals surface area contributed by atoms with Crippen LogP contribution in [-0.4, -0.2) is 71.9 Å². The van der Waals surface area contributed by atoms with Gasteiger partial charge in [0.2, 0.25) is 17.6 Å². The predicted molar refractivity (Wildman–Crippen MR) is 184 cm³/mol. The molecule has 1 saturated carbocycles. The molecule has 0 aromatic heterocycles. The van der Waals surface area contributed by atoms with Crippen molar-refractivity contribution in [3.63, 3.8) is 0 Å². The smallest absolute Gasteiger partial charge is 0.315 e. The van der Waals surface area contributed by atoms with Gasteiger partial charge in [0, 0.05) is 6.54 Å². The molecule has 5 amide bonds. The summed E-state index contributed by atoms with van der Waals surface area (Å²) in [4.78, 5) is 69.4. The van der Waals surface area contributed by atoms with Crippen LogP contribution in [0.2, 0.25) is 0 Å². The summed E-state index contributed by atoms with van der Waals surface area (Å²) >= 11 is 3.81. The van der Waals surface area contributed by atoms with Crippen LogP contribution in [0.3, 0.4) is 0 Å². The number of nitrogens with one attached hydrogen (secondary N) is 3. The predicted octanol–water partition coefficient (Wildman–Crippen LogP) is 3.76. The number of ketones is 1. The third-order valence-corrected chi connectivity index (χ3v) is 6.37. The van der Waals surface area contributed by atoms with Gasteiger partial charge in [-0.1, -0.05) is 108 Å². The van der Waals surface area contributed by atoms with Gasteiger partial charge in [-0.2, -0.15) is 0 Å². The lowest BCUT2D eigenvalue weighted by Gasteiger charge is -2.34. The van der Waals surface area contributed by atoms with Crippen molar-refractivity contribution in [2.45, 2.75) is 133 Å². The van der Waals surface area contributed by atoms with E-state index in [9.17, 15) is 28.8 Å². The summed E-state index contributed by atoms with van der Waals surface area (Å²) < 4.78 is 2.53. The molecule has 0 bridgehead atoms. The van der Waals surface area contributed by atoms with Gasteiger partial charge in [0.1, 0.15) is 12.3 Å². The minimum atomic E-state index is -0.883. The fourth-order valence-corrected chi connectivity index (χ4v) is 4.05. The molecule has 0 aromatic carbocycles. The average molecular weight is 661 g/mol. The van der Waals surface area contributed by atoms with Crippen molar-refractivity contribution >= 4 is 48.6 Å². The lowest BCUT2D eigenvalue weighted by atomic mass is 9.80. The molecule has 12 nitrogen and oxygen atoms in total. The van der Waals surface area contributed by atoms with Crippen LogP contribution >= 0.6 is 12.8 Å². The molecule has 1 saturated heterocycles. The SMILES string of the molecule is CC.CC(C)(C)C(NC(=O)NCC(N)=O)C(=O)N1CCCC1C=O.CC(C)C.CC(C)C.NC(=O)C(=O)C(CC1CCC1)NS. The number of nitrogens with two attached hydrogens (primary N) is 2. The second-order valence-electron chi connectivity index (χ2n) is 13.4. The number of primary amides is 2. The molecule has 1 aliphatic carbocycles. The van der Waals surface area contributed by atoms with E-state index in [0.29, 0.717) is 25.3 Å². The number of nitrogens with zero attached hydrogens (tertiary/aromatic N) is 1. The third-order valence-electron chi connectivity index (χ3n) is 6.06. The first-order chi connectivity index (χ1) is 20.8. The highest BCUT2D eigenvalue weighted by Gasteiger charge is 2.39. The number of aldehydes is 1. The molecule has 3 atom stereocenters. The van der Waals surface area contributed by atoms with Crippen molar-refractivity contribution in [1.29, 1.82) is 0 Å².